The number of aromatic nitrogens is 2. The fourth-order valence-electron chi connectivity index (χ4n) is 4.42. The molecule has 8 nitrogen and oxygen atoms in total. The molecule has 10 heteroatoms. The molecule has 0 aliphatic heterocycles. The van der Waals surface area contributed by atoms with E-state index in [2.05, 4.69) is 20.6 Å². The summed E-state index contributed by atoms with van der Waals surface area (Å²) < 4.78 is 18.9. The van der Waals surface area contributed by atoms with E-state index >= 15 is 0 Å². The number of fused-ring (bicyclic) bond motifs is 3. The highest BCUT2D eigenvalue weighted by Gasteiger charge is 2.55. The number of hydrogen-bond donors (Lipinski definition) is 3. The number of nitrogens with zero attached hydrogens (tertiary/aromatic N) is 2. The molecule has 3 saturated carbocycles. The molecule has 1 aromatic heterocycles. The predicted molar refractivity (Wildman–Crippen MR) is 109 cm³/mol. The Balaban J connectivity index is 1.34. The zero-order chi connectivity index (χ0) is 22.1. The van der Waals surface area contributed by atoms with Crippen LogP contribution in [0, 0.1) is 5.82 Å². The van der Waals surface area contributed by atoms with Gasteiger partial charge in [-0.05, 0) is 50.3 Å². The molecule has 1 aromatic carbocycles. The van der Waals surface area contributed by atoms with Gasteiger partial charge < -0.3 is 20.5 Å². The number of carbonyl (C=O) groups is 2. The van der Waals surface area contributed by atoms with Crippen LogP contribution in [0.1, 0.15) is 42.6 Å². The molecule has 1 atom stereocenters. The van der Waals surface area contributed by atoms with Crippen molar-refractivity contribution >= 4 is 23.4 Å². The average Bonchev–Trinajstić information content (AvgIpc) is 2.76. The van der Waals surface area contributed by atoms with Crippen molar-refractivity contribution < 1.29 is 23.8 Å². The number of aliphatic hydroxyl groups is 1. The summed E-state index contributed by atoms with van der Waals surface area (Å²) in [5, 5.41) is 16.7. The van der Waals surface area contributed by atoms with Gasteiger partial charge in [0.2, 0.25) is 0 Å². The maximum absolute atomic E-state index is 13.5. The van der Waals surface area contributed by atoms with Crippen molar-refractivity contribution in [2.45, 2.75) is 49.3 Å². The highest BCUT2D eigenvalue weighted by Crippen LogP contribution is 2.47. The lowest BCUT2D eigenvalue weighted by molar-refractivity contribution is -0.129. The molecule has 0 spiro atoms. The number of carbonyl (C=O) groups excluding carboxylic acids is 2. The molecule has 31 heavy (non-hydrogen) atoms. The second-order valence-electron chi connectivity index (χ2n) is 8.12. The molecule has 2 aromatic rings. The third-order valence-corrected chi connectivity index (χ3v) is 6.47. The van der Waals surface area contributed by atoms with Gasteiger partial charge in [0.25, 0.3) is 11.8 Å². The highest BCUT2D eigenvalue weighted by molar-refractivity contribution is 6.30. The zero-order valence-electron chi connectivity index (χ0n) is 16.6. The molecule has 3 N–H and O–H groups in total. The molecule has 1 heterocycles. The number of nitrogens with one attached hydrogen (secondary N) is 2. The number of ether oxygens (including phenoxy) is 1. The van der Waals surface area contributed by atoms with Crippen LogP contribution < -0.4 is 15.4 Å². The Morgan fingerprint density at radius 3 is 2.65 bits per heavy atom. The van der Waals surface area contributed by atoms with Crippen molar-refractivity contribution in [2.75, 3.05) is 6.61 Å². The molecule has 0 radical (unpaired) electrons. The Hall–Kier alpha value is -2.78. The van der Waals surface area contributed by atoms with E-state index in [1.54, 1.807) is 0 Å². The molecule has 3 aliphatic rings. The SMILES string of the molecule is O=C(COc1ccc(Cl)c(F)c1)NC12CCC(NC(=O)c3ccncn3)(CC1)C(O)C2. The lowest BCUT2D eigenvalue weighted by Gasteiger charge is -2.56. The molecule has 3 aliphatic carbocycles. The number of amides is 2. The first-order valence-electron chi connectivity index (χ1n) is 9.96. The van der Waals surface area contributed by atoms with Gasteiger partial charge in [0.15, 0.2) is 6.61 Å². The Labute approximate surface area is 183 Å². The van der Waals surface area contributed by atoms with Gasteiger partial charge in [-0.2, -0.15) is 0 Å². The van der Waals surface area contributed by atoms with Gasteiger partial charge in [0.1, 0.15) is 23.6 Å². The first kappa shape index (κ1) is 21.5. The Kier molecular flexibility index (Phi) is 5.81. The largest absolute Gasteiger partial charge is 0.484 e. The van der Waals surface area contributed by atoms with Gasteiger partial charge in [-0.3, -0.25) is 9.59 Å². The number of rotatable bonds is 6. The third kappa shape index (κ3) is 4.47. The third-order valence-electron chi connectivity index (χ3n) is 6.16. The van der Waals surface area contributed by atoms with Crippen LogP contribution in [0.2, 0.25) is 5.02 Å². The van der Waals surface area contributed by atoms with E-state index in [9.17, 15) is 19.1 Å². The molecule has 5 rings (SSSR count). The smallest absolute Gasteiger partial charge is 0.270 e. The van der Waals surface area contributed by atoms with Gasteiger partial charge in [0, 0.05) is 17.8 Å². The molecular weight excluding hydrogens is 427 g/mol. The Morgan fingerprint density at radius 1 is 1.23 bits per heavy atom. The maximum atomic E-state index is 13.5. The molecule has 3 fully saturated rings. The van der Waals surface area contributed by atoms with E-state index in [-0.39, 0.29) is 34.9 Å². The van der Waals surface area contributed by atoms with E-state index in [0.717, 1.165) is 6.07 Å². The van der Waals surface area contributed by atoms with E-state index in [1.807, 2.05) is 0 Å². The summed E-state index contributed by atoms with van der Waals surface area (Å²) in [4.78, 5) is 32.7. The summed E-state index contributed by atoms with van der Waals surface area (Å²) >= 11 is 5.64. The number of benzene rings is 1. The molecule has 0 saturated heterocycles. The first-order chi connectivity index (χ1) is 14.8. The predicted octanol–water partition coefficient (Wildman–Crippen LogP) is 2.01. The van der Waals surface area contributed by atoms with Crippen LogP contribution in [0.4, 0.5) is 4.39 Å². The van der Waals surface area contributed by atoms with E-state index in [0.29, 0.717) is 32.1 Å². The van der Waals surface area contributed by atoms with Crippen LogP contribution in [0.3, 0.4) is 0 Å². The minimum Gasteiger partial charge on any atom is -0.484 e. The Bertz CT molecular complexity index is 983. The molecule has 2 bridgehead atoms. The fourth-order valence-corrected chi connectivity index (χ4v) is 4.54. The van der Waals surface area contributed by atoms with Crippen molar-refractivity contribution in [3.05, 3.63) is 53.3 Å². The van der Waals surface area contributed by atoms with Crippen molar-refractivity contribution in [2.24, 2.45) is 0 Å². The quantitative estimate of drug-likeness (QED) is 0.623. The standard InChI is InChI=1S/C21H22ClFN4O4/c22-14-2-1-13(9-15(14)23)31-11-18(29)26-20-4-6-21(7-5-20,17(28)10-20)27-19(30)16-3-8-24-12-25-16/h1-3,8-9,12,17,28H,4-7,10-11H2,(H,26,29)(H,27,30). The van der Waals surface area contributed by atoms with Crippen LogP contribution in [0.5, 0.6) is 5.75 Å². The van der Waals surface area contributed by atoms with Crippen molar-refractivity contribution in [1.29, 1.82) is 0 Å². The molecule has 2 amide bonds. The van der Waals surface area contributed by atoms with Crippen LogP contribution in [-0.4, -0.2) is 50.7 Å². The normalized spacial score (nSPS) is 26.9. The monoisotopic (exact) mass is 448 g/mol. The summed E-state index contributed by atoms with van der Waals surface area (Å²) in [6.45, 7) is -0.283. The minimum absolute atomic E-state index is 0.0237. The lowest BCUT2D eigenvalue weighted by Crippen LogP contribution is -2.70. The van der Waals surface area contributed by atoms with Crippen LogP contribution in [0.25, 0.3) is 0 Å². The van der Waals surface area contributed by atoms with Gasteiger partial charge in [-0.1, -0.05) is 11.6 Å². The summed E-state index contributed by atoms with van der Waals surface area (Å²) in [6, 6.07) is 5.47. The number of aliphatic hydroxyl groups excluding tert-OH is 1. The topological polar surface area (TPSA) is 113 Å². The van der Waals surface area contributed by atoms with Gasteiger partial charge in [-0.25, -0.2) is 14.4 Å². The summed E-state index contributed by atoms with van der Waals surface area (Å²) in [6.07, 6.45) is 4.55. The lowest BCUT2D eigenvalue weighted by atomic mass is 9.60. The van der Waals surface area contributed by atoms with Crippen LogP contribution in [-0.2, 0) is 4.79 Å². The van der Waals surface area contributed by atoms with Gasteiger partial charge in [-0.15, -0.1) is 0 Å². The minimum atomic E-state index is -0.813. The molecule has 1 unspecified atom stereocenters. The van der Waals surface area contributed by atoms with E-state index in [4.69, 9.17) is 16.3 Å². The number of halogens is 2. The first-order valence-corrected chi connectivity index (χ1v) is 10.3. The zero-order valence-corrected chi connectivity index (χ0v) is 17.4. The van der Waals surface area contributed by atoms with Crippen molar-refractivity contribution in [3.63, 3.8) is 0 Å². The Morgan fingerprint density at radius 2 is 2.00 bits per heavy atom. The van der Waals surface area contributed by atoms with Gasteiger partial charge in [0.05, 0.1) is 16.7 Å². The van der Waals surface area contributed by atoms with Crippen LogP contribution >= 0.6 is 11.6 Å². The van der Waals surface area contributed by atoms with Gasteiger partial charge >= 0.3 is 0 Å². The number of hydrogen-bond acceptors (Lipinski definition) is 6. The second kappa shape index (κ2) is 8.39. The summed E-state index contributed by atoms with van der Waals surface area (Å²) in [7, 11) is 0. The molecular formula is C21H22ClFN4O4. The van der Waals surface area contributed by atoms with Crippen LogP contribution in [0.15, 0.2) is 36.8 Å². The van der Waals surface area contributed by atoms with E-state index < -0.39 is 23.0 Å². The van der Waals surface area contributed by atoms with Crippen molar-refractivity contribution in [1.82, 2.24) is 20.6 Å². The fraction of sp³-hybridized carbons (Fsp3) is 0.429. The van der Waals surface area contributed by atoms with Crippen molar-refractivity contribution in [3.8, 4) is 5.75 Å². The summed E-state index contributed by atoms with van der Waals surface area (Å²) in [5.41, 5.74) is -1.07. The average molecular weight is 449 g/mol. The second-order valence-corrected chi connectivity index (χ2v) is 8.53. The maximum Gasteiger partial charge on any atom is 0.270 e. The molecule has 164 valence electrons. The summed E-state index contributed by atoms with van der Waals surface area (Å²) in [5.74, 6) is -1.14. The highest BCUT2D eigenvalue weighted by atomic mass is 35.5. The van der Waals surface area contributed by atoms with E-state index in [1.165, 1.54) is 30.7 Å².